The normalized spacial score (nSPS) is 29.6. The zero-order chi connectivity index (χ0) is 23.8. The van der Waals surface area contributed by atoms with Crippen LogP contribution in [0.1, 0.15) is 62.5 Å². The smallest absolute Gasteiger partial charge is 0.226 e. The molecule has 5 rings (SSSR count). The van der Waals surface area contributed by atoms with Gasteiger partial charge in [0.05, 0.1) is 7.11 Å². The summed E-state index contributed by atoms with van der Waals surface area (Å²) in [5.41, 5.74) is 2.74. The molecule has 1 aliphatic heterocycles. The molecule has 4 nitrogen and oxygen atoms in total. The molecular formula is C30H40N2O2. The van der Waals surface area contributed by atoms with Crippen molar-refractivity contribution in [1.82, 2.24) is 9.80 Å². The van der Waals surface area contributed by atoms with Crippen molar-refractivity contribution < 1.29 is 9.53 Å². The number of ether oxygens (including phenoxy) is 1. The number of benzene rings is 2. The summed E-state index contributed by atoms with van der Waals surface area (Å²) in [4.78, 5) is 18.6. The monoisotopic (exact) mass is 460 g/mol. The van der Waals surface area contributed by atoms with E-state index >= 15 is 0 Å². The van der Waals surface area contributed by atoms with Crippen molar-refractivity contribution >= 4 is 5.91 Å². The Balaban J connectivity index is 1.38. The van der Waals surface area contributed by atoms with E-state index in [1.807, 2.05) is 12.1 Å². The van der Waals surface area contributed by atoms with Crippen molar-refractivity contribution in [2.45, 2.75) is 68.9 Å². The first kappa shape index (κ1) is 23.4. The Hall–Kier alpha value is -2.33. The van der Waals surface area contributed by atoms with Crippen LogP contribution >= 0.6 is 0 Å². The standard InChI is InChI=1S/C30H40N2O2/c1-31(2)30(26-10-5-4-6-11-26)18-16-29(17-19-30)21-25(20-23-12-14-27(34-3)15-13-23)28(33)32(29)22-24-8-7-9-24/h4-6,10-15,24-25H,7-9,16-22H2,1-3H3. The van der Waals surface area contributed by atoms with Crippen LogP contribution in [0.15, 0.2) is 54.6 Å². The molecule has 34 heavy (non-hydrogen) atoms. The highest BCUT2D eigenvalue weighted by molar-refractivity contribution is 5.83. The van der Waals surface area contributed by atoms with Gasteiger partial charge in [-0.05, 0) is 94.6 Å². The zero-order valence-electron chi connectivity index (χ0n) is 21.1. The first-order valence-electron chi connectivity index (χ1n) is 13.1. The van der Waals surface area contributed by atoms with Gasteiger partial charge in [0.1, 0.15) is 5.75 Å². The molecule has 0 bridgehead atoms. The quantitative estimate of drug-likeness (QED) is 0.535. The van der Waals surface area contributed by atoms with E-state index in [0.717, 1.165) is 50.8 Å². The number of amides is 1. The average Bonchev–Trinajstić information content (AvgIpc) is 3.08. The summed E-state index contributed by atoms with van der Waals surface area (Å²) in [6.45, 7) is 0.970. The van der Waals surface area contributed by atoms with Crippen LogP contribution in [0.3, 0.4) is 0 Å². The van der Waals surface area contributed by atoms with Gasteiger partial charge in [-0.1, -0.05) is 48.9 Å². The van der Waals surface area contributed by atoms with Gasteiger partial charge in [0.25, 0.3) is 0 Å². The van der Waals surface area contributed by atoms with Crippen LogP contribution in [0.5, 0.6) is 5.75 Å². The maximum atomic E-state index is 13.8. The van der Waals surface area contributed by atoms with Gasteiger partial charge < -0.3 is 9.64 Å². The Morgan fingerprint density at radius 2 is 1.65 bits per heavy atom. The number of methoxy groups -OCH3 is 1. The number of nitrogens with zero attached hydrogens (tertiary/aromatic N) is 2. The lowest BCUT2D eigenvalue weighted by Crippen LogP contribution is -2.55. The number of hydrogen-bond acceptors (Lipinski definition) is 3. The first-order chi connectivity index (χ1) is 16.5. The number of hydrogen-bond donors (Lipinski definition) is 0. The zero-order valence-corrected chi connectivity index (χ0v) is 21.1. The van der Waals surface area contributed by atoms with E-state index in [2.05, 4.69) is 66.4 Å². The Bertz CT molecular complexity index is 973. The molecule has 2 aromatic carbocycles. The molecule has 182 valence electrons. The van der Waals surface area contributed by atoms with Crippen LogP contribution in [0.2, 0.25) is 0 Å². The van der Waals surface area contributed by atoms with Crippen LogP contribution in [-0.2, 0) is 16.8 Å². The molecule has 1 spiro atoms. The van der Waals surface area contributed by atoms with Crippen LogP contribution in [0, 0.1) is 11.8 Å². The predicted octanol–water partition coefficient (Wildman–Crippen LogP) is 5.66. The van der Waals surface area contributed by atoms with Gasteiger partial charge in [-0.2, -0.15) is 0 Å². The molecule has 0 radical (unpaired) electrons. The second kappa shape index (κ2) is 9.37. The minimum absolute atomic E-state index is 0.0259. The van der Waals surface area contributed by atoms with Gasteiger partial charge in [0, 0.05) is 23.5 Å². The summed E-state index contributed by atoms with van der Waals surface area (Å²) in [6, 6.07) is 19.3. The SMILES string of the molecule is COc1ccc(CC2CC3(CCC(c4ccccc4)(N(C)C)CC3)N(CC3CCC3)C2=O)cc1. The van der Waals surface area contributed by atoms with Crippen molar-refractivity contribution in [3.63, 3.8) is 0 Å². The number of carbonyl (C=O) groups excluding carboxylic acids is 1. The first-order valence-corrected chi connectivity index (χ1v) is 13.1. The molecule has 2 aromatic rings. The third-order valence-electron chi connectivity index (χ3n) is 9.30. The summed E-state index contributed by atoms with van der Waals surface area (Å²) < 4.78 is 5.33. The van der Waals surface area contributed by atoms with E-state index in [1.54, 1.807) is 7.11 Å². The van der Waals surface area contributed by atoms with E-state index in [-0.39, 0.29) is 17.0 Å². The fourth-order valence-electron chi connectivity index (χ4n) is 6.88. The third-order valence-corrected chi connectivity index (χ3v) is 9.30. The second-order valence-electron chi connectivity index (χ2n) is 11.2. The van der Waals surface area contributed by atoms with E-state index in [0.29, 0.717) is 11.8 Å². The lowest BCUT2D eigenvalue weighted by atomic mass is 9.67. The summed E-state index contributed by atoms with van der Waals surface area (Å²) in [7, 11) is 6.15. The highest BCUT2D eigenvalue weighted by Gasteiger charge is 2.55. The molecule has 2 aliphatic carbocycles. The Kier molecular flexibility index (Phi) is 6.45. The highest BCUT2D eigenvalue weighted by Crippen LogP contribution is 2.52. The molecule has 1 unspecified atom stereocenters. The van der Waals surface area contributed by atoms with E-state index in [4.69, 9.17) is 4.74 Å². The van der Waals surface area contributed by atoms with Gasteiger partial charge >= 0.3 is 0 Å². The largest absolute Gasteiger partial charge is 0.497 e. The molecule has 0 N–H and O–H groups in total. The Morgan fingerprint density at radius 3 is 2.21 bits per heavy atom. The lowest BCUT2D eigenvalue weighted by Gasteiger charge is -2.52. The summed E-state index contributed by atoms with van der Waals surface area (Å²) in [5, 5.41) is 0. The molecule has 1 saturated heterocycles. The summed E-state index contributed by atoms with van der Waals surface area (Å²) in [6.07, 6.45) is 10.1. The maximum absolute atomic E-state index is 13.8. The van der Waals surface area contributed by atoms with Crippen LogP contribution < -0.4 is 4.74 Å². The second-order valence-corrected chi connectivity index (χ2v) is 11.2. The van der Waals surface area contributed by atoms with E-state index in [9.17, 15) is 4.79 Å². The number of likely N-dealkylation sites (tertiary alicyclic amines) is 1. The molecule has 1 heterocycles. The minimum Gasteiger partial charge on any atom is -0.497 e. The Labute approximate surface area is 205 Å². The summed E-state index contributed by atoms with van der Waals surface area (Å²) in [5.74, 6) is 2.07. The van der Waals surface area contributed by atoms with Gasteiger partial charge in [-0.15, -0.1) is 0 Å². The van der Waals surface area contributed by atoms with E-state index in [1.165, 1.54) is 30.4 Å². The molecule has 0 aromatic heterocycles. The van der Waals surface area contributed by atoms with Crippen molar-refractivity contribution in [3.05, 3.63) is 65.7 Å². The average molecular weight is 461 g/mol. The topological polar surface area (TPSA) is 32.8 Å². The third kappa shape index (κ3) is 4.15. The van der Waals surface area contributed by atoms with Crippen molar-refractivity contribution in [3.8, 4) is 5.75 Å². The van der Waals surface area contributed by atoms with E-state index < -0.39 is 0 Å². The molecule has 2 saturated carbocycles. The van der Waals surface area contributed by atoms with Crippen LogP contribution in [0.4, 0.5) is 0 Å². The van der Waals surface area contributed by atoms with Crippen molar-refractivity contribution in [2.75, 3.05) is 27.7 Å². The molecule has 3 aliphatic rings. The van der Waals surface area contributed by atoms with Gasteiger partial charge in [0.15, 0.2) is 0 Å². The summed E-state index contributed by atoms with van der Waals surface area (Å²) >= 11 is 0. The molecule has 4 heteroatoms. The van der Waals surface area contributed by atoms with Crippen LogP contribution in [-0.4, -0.2) is 49.0 Å². The predicted molar refractivity (Wildman–Crippen MR) is 137 cm³/mol. The molecule has 1 amide bonds. The van der Waals surface area contributed by atoms with Crippen molar-refractivity contribution in [2.24, 2.45) is 11.8 Å². The Morgan fingerprint density at radius 1 is 0.971 bits per heavy atom. The fraction of sp³-hybridized carbons (Fsp3) is 0.567. The number of rotatable bonds is 7. The van der Waals surface area contributed by atoms with Gasteiger partial charge in [-0.25, -0.2) is 0 Å². The van der Waals surface area contributed by atoms with Gasteiger partial charge in [0.2, 0.25) is 5.91 Å². The highest BCUT2D eigenvalue weighted by atomic mass is 16.5. The fourth-order valence-corrected chi connectivity index (χ4v) is 6.88. The maximum Gasteiger partial charge on any atom is 0.226 e. The van der Waals surface area contributed by atoms with Gasteiger partial charge in [-0.3, -0.25) is 9.69 Å². The lowest BCUT2D eigenvalue weighted by molar-refractivity contribution is -0.137. The van der Waals surface area contributed by atoms with Crippen molar-refractivity contribution in [1.29, 1.82) is 0 Å². The van der Waals surface area contributed by atoms with Crippen LogP contribution in [0.25, 0.3) is 0 Å². The number of carbonyl (C=O) groups is 1. The molecular weight excluding hydrogens is 420 g/mol. The molecule has 3 fully saturated rings. The minimum atomic E-state index is 0.0259. The molecule has 1 atom stereocenters.